The number of nitrogens with zero attached hydrogens (tertiary/aromatic N) is 4. The molecular weight excluding hydrogens is 508 g/mol. The van der Waals surface area contributed by atoms with Gasteiger partial charge in [-0.2, -0.15) is 0 Å². The third-order valence-electron chi connectivity index (χ3n) is 4.93. The Kier molecular flexibility index (Phi) is 7.36. The van der Waals surface area contributed by atoms with Crippen LogP contribution >= 0.6 is 11.6 Å². The third-order valence-corrected chi connectivity index (χ3v) is 6.51. The molecule has 2 N–H and O–H groups in total. The first-order valence-electron chi connectivity index (χ1n) is 10.6. The lowest BCUT2D eigenvalue weighted by molar-refractivity contribution is -0.124. The van der Waals surface area contributed by atoms with E-state index >= 15 is 0 Å². The highest BCUT2D eigenvalue weighted by Crippen LogP contribution is 2.19. The third kappa shape index (κ3) is 5.73. The first-order chi connectivity index (χ1) is 17.3. The van der Waals surface area contributed by atoms with E-state index in [0.717, 1.165) is 0 Å². The number of sulfonamides is 1. The van der Waals surface area contributed by atoms with E-state index in [1.807, 2.05) is 0 Å². The van der Waals surface area contributed by atoms with Crippen LogP contribution in [0.5, 0.6) is 0 Å². The van der Waals surface area contributed by atoms with Crippen LogP contribution in [-0.4, -0.2) is 46.6 Å². The van der Waals surface area contributed by atoms with E-state index in [1.165, 1.54) is 48.8 Å². The number of hydrogen-bond acceptors (Lipinski definition) is 9. The second-order valence-electron chi connectivity index (χ2n) is 7.39. The van der Waals surface area contributed by atoms with Gasteiger partial charge in [-0.15, -0.1) is 10.2 Å². The molecule has 2 heterocycles. The summed E-state index contributed by atoms with van der Waals surface area (Å²) in [4.78, 5) is 33.8. The highest BCUT2D eigenvalue weighted by Gasteiger charge is 2.24. The molecule has 0 aliphatic heterocycles. The highest BCUT2D eigenvalue weighted by atomic mass is 35.5. The van der Waals surface area contributed by atoms with Gasteiger partial charge in [-0.3, -0.25) is 19.5 Å². The molecule has 36 heavy (non-hydrogen) atoms. The Morgan fingerprint density at radius 1 is 1.00 bits per heavy atom. The van der Waals surface area contributed by atoms with Crippen molar-refractivity contribution in [3.63, 3.8) is 0 Å². The predicted octanol–water partition coefficient (Wildman–Crippen LogP) is 3.45. The topological polar surface area (TPSA) is 153 Å². The summed E-state index contributed by atoms with van der Waals surface area (Å²) >= 11 is 5.66. The lowest BCUT2D eigenvalue weighted by Gasteiger charge is -2.16. The minimum absolute atomic E-state index is 0.00144. The van der Waals surface area contributed by atoms with Crippen LogP contribution in [0.1, 0.15) is 23.7 Å². The van der Waals surface area contributed by atoms with Crippen molar-refractivity contribution in [2.24, 2.45) is 0 Å². The SMILES string of the molecule is CCC(OC(=O)c1cccc2nccnc12)C(=O)Nc1ccc(S(=O)(=O)Nc2ccc(Cl)nn2)cc1. The lowest BCUT2D eigenvalue weighted by atomic mass is 10.1. The van der Waals surface area contributed by atoms with Crippen LogP contribution in [0.25, 0.3) is 11.0 Å². The molecule has 4 rings (SSSR count). The number of fused-ring (bicyclic) bond motifs is 1. The molecular formula is C23H19ClN6O5S. The number of hydrogen-bond donors (Lipinski definition) is 2. The first-order valence-corrected chi connectivity index (χ1v) is 12.5. The molecule has 0 bridgehead atoms. The molecule has 2 aromatic heterocycles. The summed E-state index contributed by atoms with van der Waals surface area (Å²) in [6, 6.07) is 13.1. The quantitative estimate of drug-likeness (QED) is 0.328. The number of benzene rings is 2. The molecule has 4 aromatic rings. The minimum Gasteiger partial charge on any atom is -0.449 e. The zero-order valence-corrected chi connectivity index (χ0v) is 20.3. The Bertz CT molecular complexity index is 1510. The molecule has 0 aliphatic rings. The van der Waals surface area contributed by atoms with Gasteiger partial charge in [0, 0.05) is 18.1 Å². The van der Waals surface area contributed by atoms with E-state index in [2.05, 4.69) is 30.2 Å². The Morgan fingerprint density at radius 2 is 1.75 bits per heavy atom. The Morgan fingerprint density at radius 3 is 2.44 bits per heavy atom. The van der Waals surface area contributed by atoms with Gasteiger partial charge < -0.3 is 10.1 Å². The van der Waals surface area contributed by atoms with E-state index in [9.17, 15) is 18.0 Å². The minimum atomic E-state index is -3.95. The monoisotopic (exact) mass is 526 g/mol. The number of carbonyl (C=O) groups is 2. The fourth-order valence-electron chi connectivity index (χ4n) is 3.18. The summed E-state index contributed by atoms with van der Waals surface area (Å²) in [5, 5.41) is 9.99. The summed E-state index contributed by atoms with van der Waals surface area (Å²) < 4.78 is 32.8. The van der Waals surface area contributed by atoms with Crippen molar-refractivity contribution in [2.75, 3.05) is 10.0 Å². The first kappa shape index (κ1) is 24.9. The van der Waals surface area contributed by atoms with Gasteiger partial charge in [0.05, 0.1) is 16.0 Å². The summed E-state index contributed by atoms with van der Waals surface area (Å²) in [6.45, 7) is 1.70. The van der Waals surface area contributed by atoms with Crippen LogP contribution in [-0.2, 0) is 19.6 Å². The maximum absolute atomic E-state index is 12.8. The molecule has 0 saturated carbocycles. The van der Waals surface area contributed by atoms with E-state index in [0.29, 0.717) is 16.7 Å². The molecule has 0 radical (unpaired) electrons. The molecule has 1 amide bonds. The predicted molar refractivity (Wildman–Crippen MR) is 132 cm³/mol. The van der Waals surface area contributed by atoms with E-state index in [4.69, 9.17) is 16.3 Å². The zero-order chi connectivity index (χ0) is 25.7. The summed E-state index contributed by atoms with van der Waals surface area (Å²) in [6.07, 6.45) is 2.11. The number of nitrogens with one attached hydrogen (secondary N) is 2. The second-order valence-corrected chi connectivity index (χ2v) is 9.46. The van der Waals surface area contributed by atoms with Crippen LogP contribution < -0.4 is 10.0 Å². The van der Waals surface area contributed by atoms with Crippen LogP contribution in [0.2, 0.25) is 5.15 Å². The van der Waals surface area contributed by atoms with Gasteiger partial charge >= 0.3 is 5.97 Å². The Balaban J connectivity index is 1.42. The maximum Gasteiger partial charge on any atom is 0.341 e. The van der Waals surface area contributed by atoms with Crippen molar-refractivity contribution >= 4 is 56.0 Å². The second kappa shape index (κ2) is 10.6. The van der Waals surface area contributed by atoms with Crippen molar-refractivity contribution in [1.29, 1.82) is 0 Å². The molecule has 184 valence electrons. The molecule has 0 aliphatic carbocycles. The van der Waals surface area contributed by atoms with E-state index < -0.39 is 28.0 Å². The number of rotatable bonds is 8. The van der Waals surface area contributed by atoms with Crippen molar-refractivity contribution in [2.45, 2.75) is 24.3 Å². The number of para-hydroxylation sites is 1. The molecule has 1 atom stereocenters. The van der Waals surface area contributed by atoms with E-state index in [1.54, 1.807) is 25.1 Å². The highest BCUT2D eigenvalue weighted by molar-refractivity contribution is 7.92. The summed E-state index contributed by atoms with van der Waals surface area (Å²) in [5.74, 6) is -1.27. The van der Waals surface area contributed by atoms with Gasteiger partial charge in [-0.1, -0.05) is 24.6 Å². The molecule has 0 saturated heterocycles. The number of ether oxygens (including phenoxy) is 1. The number of carbonyl (C=O) groups excluding carboxylic acids is 2. The summed E-state index contributed by atoms with van der Waals surface area (Å²) in [5.41, 5.74) is 1.40. The Hall–Kier alpha value is -4.16. The largest absolute Gasteiger partial charge is 0.449 e. The van der Waals surface area contributed by atoms with Gasteiger partial charge in [0.25, 0.3) is 15.9 Å². The number of esters is 1. The van der Waals surface area contributed by atoms with Gasteiger partial charge in [0.2, 0.25) is 0 Å². The van der Waals surface area contributed by atoms with Crippen LogP contribution in [0.15, 0.2) is 71.9 Å². The van der Waals surface area contributed by atoms with Crippen molar-refractivity contribution in [3.8, 4) is 0 Å². The standard InChI is InChI=1S/C23H19ClN6O5S/c1-2-18(35-23(32)16-4-3-5-17-21(16)26-13-12-25-17)22(31)27-14-6-8-15(9-7-14)36(33,34)30-20-11-10-19(24)28-29-20/h3-13,18H,2H2,1H3,(H,27,31)(H,29,30). The van der Waals surface area contributed by atoms with Crippen molar-refractivity contribution in [1.82, 2.24) is 20.2 Å². The Labute approximate surface area is 210 Å². The molecule has 11 nitrogen and oxygen atoms in total. The molecule has 2 aromatic carbocycles. The van der Waals surface area contributed by atoms with Crippen LogP contribution in [0.4, 0.5) is 11.5 Å². The van der Waals surface area contributed by atoms with E-state index in [-0.39, 0.29) is 27.9 Å². The van der Waals surface area contributed by atoms with Crippen molar-refractivity contribution < 1.29 is 22.7 Å². The fourth-order valence-corrected chi connectivity index (χ4v) is 4.28. The maximum atomic E-state index is 12.8. The number of amides is 1. The van der Waals surface area contributed by atoms with Gasteiger partial charge in [-0.25, -0.2) is 13.2 Å². The smallest absolute Gasteiger partial charge is 0.341 e. The van der Waals surface area contributed by atoms with Crippen LogP contribution in [0, 0.1) is 0 Å². The number of halogens is 1. The zero-order valence-electron chi connectivity index (χ0n) is 18.8. The lowest BCUT2D eigenvalue weighted by Crippen LogP contribution is -2.32. The number of aromatic nitrogens is 4. The molecule has 13 heteroatoms. The summed E-state index contributed by atoms with van der Waals surface area (Å²) in [7, 11) is -3.95. The number of anilines is 2. The van der Waals surface area contributed by atoms with Crippen molar-refractivity contribution in [3.05, 3.63) is 77.7 Å². The molecule has 1 unspecified atom stereocenters. The van der Waals surface area contributed by atoms with Gasteiger partial charge in [-0.05, 0) is 55.0 Å². The van der Waals surface area contributed by atoms with Crippen LogP contribution in [0.3, 0.4) is 0 Å². The fraction of sp³-hybridized carbons (Fsp3) is 0.130. The average molecular weight is 527 g/mol. The van der Waals surface area contributed by atoms with Gasteiger partial charge in [0.1, 0.15) is 5.52 Å². The van der Waals surface area contributed by atoms with Gasteiger partial charge in [0.15, 0.2) is 17.1 Å². The average Bonchev–Trinajstić information content (AvgIpc) is 2.88. The molecule has 0 spiro atoms. The normalized spacial score (nSPS) is 12.1. The molecule has 0 fully saturated rings.